The van der Waals surface area contributed by atoms with Crippen LogP contribution in [0.25, 0.3) is 10.9 Å². The number of benzene rings is 1. The van der Waals surface area contributed by atoms with Crippen molar-refractivity contribution in [1.29, 1.82) is 0 Å². The first-order valence-electron chi connectivity index (χ1n) is 27.4. The Morgan fingerprint density at radius 2 is 1.61 bits per heavy atom. The molecule has 1 aromatic carbocycles. The predicted molar refractivity (Wildman–Crippen MR) is 282 cm³/mol. The molecule has 4 heterocycles. The standard InChI is InChI=1S/C56H89N3O18/c1-15-42-56(10,68)48(63)34(6)58(13)28-30(2)26-54(8,67)49(77-53-46(62)41(57(11)12)24-31(3)72-53)32(4)47(33(5)52(66)74-42)76-44-27-55(9,69-14)50(35(7)73-44)75-43(60)20-21-70-22-23-71-37-18-19-40-38(25-37)45(61)39(51(64)65)29-59(40)36-16-17-36/h18-19,25,29-36,41-42,44,46-50,53,62-63,67-68H,15-17,20-24,26-28H2,1-14H3,(H,64,65)/t30-,31-,32+,33-,34-,35+,41+,42-,44+,46-,47+,48-,49-,50+,53+,54-,55-,56-/m1/s1. The normalized spacial score (nSPS) is 38.2. The second kappa shape index (κ2) is 25.7. The van der Waals surface area contributed by atoms with E-state index in [0.717, 1.165) is 12.8 Å². The van der Waals surface area contributed by atoms with Crippen LogP contribution in [0.1, 0.15) is 131 Å². The van der Waals surface area contributed by atoms with Gasteiger partial charge in [0.1, 0.15) is 47.4 Å². The molecule has 0 spiro atoms. The Morgan fingerprint density at radius 3 is 2.23 bits per heavy atom. The molecule has 5 N–H and O–H groups in total. The zero-order chi connectivity index (χ0) is 57.1. The maximum atomic E-state index is 14.6. The molecule has 6 rings (SSSR count). The van der Waals surface area contributed by atoms with E-state index in [1.54, 1.807) is 60.6 Å². The number of aromatic carboxylic acids is 1. The number of hydrogen-bond acceptors (Lipinski definition) is 19. The molecule has 0 bridgehead atoms. The van der Waals surface area contributed by atoms with Crippen LogP contribution in [-0.4, -0.2) is 203 Å². The summed E-state index contributed by atoms with van der Waals surface area (Å²) in [6, 6.07) is 4.21. The van der Waals surface area contributed by atoms with Crippen molar-refractivity contribution in [2.24, 2.45) is 17.8 Å². The lowest BCUT2D eigenvalue weighted by Crippen LogP contribution is -2.61. The summed E-state index contributed by atoms with van der Waals surface area (Å²) in [7, 11) is 7.04. The molecule has 18 atom stereocenters. The number of hydrogen-bond donors (Lipinski definition) is 5. The van der Waals surface area contributed by atoms with Crippen LogP contribution in [0.15, 0.2) is 29.2 Å². The summed E-state index contributed by atoms with van der Waals surface area (Å²) in [6.45, 7) is 18.0. The molecule has 21 heteroatoms. The maximum Gasteiger partial charge on any atom is 0.341 e. The Kier molecular flexibility index (Phi) is 20.8. The Hall–Kier alpha value is -3.84. The Bertz CT molecular complexity index is 2380. The molecule has 4 fully saturated rings. The predicted octanol–water partition coefficient (Wildman–Crippen LogP) is 4.29. The van der Waals surface area contributed by atoms with Crippen LogP contribution in [0, 0.1) is 17.8 Å². The van der Waals surface area contributed by atoms with Gasteiger partial charge >= 0.3 is 17.9 Å². The topological polar surface area (TPSA) is 264 Å². The van der Waals surface area contributed by atoms with Crippen molar-refractivity contribution < 1.29 is 82.5 Å². The van der Waals surface area contributed by atoms with Gasteiger partial charge in [0, 0.05) is 50.3 Å². The maximum absolute atomic E-state index is 14.6. The molecule has 1 aliphatic carbocycles. The van der Waals surface area contributed by atoms with Gasteiger partial charge in [-0.15, -0.1) is 0 Å². The van der Waals surface area contributed by atoms with Gasteiger partial charge < -0.3 is 82.5 Å². The van der Waals surface area contributed by atoms with Crippen LogP contribution in [-0.2, 0) is 47.5 Å². The molecule has 1 aromatic heterocycles. The number of rotatable bonds is 17. The number of carbonyl (C=O) groups is 3. The van der Waals surface area contributed by atoms with Gasteiger partial charge in [-0.1, -0.05) is 20.8 Å². The lowest BCUT2D eigenvalue weighted by molar-refractivity contribution is -0.318. The lowest BCUT2D eigenvalue weighted by Gasteiger charge is -2.49. The highest BCUT2D eigenvalue weighted by Gasteiger charge is 2.54. The van der Waals surface area contributed by atoms with Crippen LogP contribution >= 0.6 is 0 Å². The quantitative estimate of drug-likeness (QED) is 0.109. The Labute approximate surface area is 453 Å². The highest BCUT2D eigenvalue weighted by molar-refractivity contribution is 5.93. The first-order chi connectivity index (χ1) is 36.0. The van der Waals surface area contributed by atoms with E-state index < -0.39 is 113 Å². The molecule has 0 unspecified atom stereocenters. The summed E-state index contributed by atoms with van der Waals surface area (Å²) in [6.07, 6.45) is -6.20. The van der Waals surface area contributed by atoms with Crippen molar-refractivity contribution in [2.45, 2.75) is 211 Å². The molecular weight excluding hydrogens is 1000 g/mol. The molecule has 4 aliphatic rings. The summed E-state index contributed by atoms with van der Waals surface area (Å²) < 4.78 is 58.1. The van der Waals surface area contributed by atoms with E-state index in [0.29, 0.717) is 24.2 Å². The fraction of sp³-hybridized carbons (Fsp3) is 0.786. The monoisotopic (exact) mass is 1090 g/mol. The minimum Gasteiger partial charge on any atom is -0.491 e. The van der Waals surface area contributed by atoms with E-state index in [4.69, 9.17) is 42.6 Å². The largest absolute Gasteiger partial charge is 0.491 e. The van der Waals surface area contributed by atoms with Gasteiger partial charge in [-0.25, -0.2) is 4.79 Å². The molecule has 3 aliphatic heterocycles. The average molecular weight is 1090 g/mol. The zero-order valence-electron chi connectivity index (χ0n) is 47.7. The number of aromatic nitrogens is 1. The van der Waals surface area contributed by atoms with Gasteiger partial charge in [0.15, 0.2) is 18.7 Å². The molecular formula is C56H89N3O18. The van der Waals surface area contributed by atoms with Crippen LogP contribution in [0.2, 0.25) is 0 Å². The van der Waals surface area contributed by atoms with Crippen LogP contribution < -0.4 is 10.2 Å². The lowest BCUT2D eigenvalue weighted by atomic mass is 9.77. The van der Waals surface area contributed by atoms with Gasteiger partial charge in [-0.3, -0.25) is 14.4 Å². The first kappa shape index (κ1) is 62.4. The van der Waals surface area contributed by atoms with Crippen molar-refractivity contribution >= 4 is 28.8 Å². The summed E-state index contributed by atoms with van der Waals surface area (Å²) in [5, 5.41) is 58.0. The molecule has 21 nitrogen and oxygen atoms in total. The highest BCUT2D eigenvalue weighted by Crippen LogP contribution is 2.42. The van der Waals surface area contributed by atoms with Gasteiger partial charge in [0.25, 0.3) is 0 Å². The van der Waals surface area contributed by atoms with Crippen LogP contribution in [0.4, 0.5) is 0 Å². The number of aliphatic hydroxyl groups excluding tert-OH is 2. The fourth-order valence-electron chi connectivity index (χ4n) is 11.9. The van der Waals surface area contributed by atoms with Gasteiger partial charge in [0.05, 0.1) is 66.5 Å². The SMILES string of the molecule is CC[C@H]1OC(=O)[C@H](C)[C@@H](O[C@H]2C[C@@](C)(OC)[C@@H](OC(=O)CCOCCOc3ccc4c(c3)c(=O)c(C(=O)O)cn4C3CC3)[C@H](C)O2)[C@H](C)[C@@H](O[C@@H]2O[C@H](C)C[C@H](N(C)C)[C@H]2O)[C@](C)(O)C[C@@H](C)CN(C)[C@H](C)[C@@H](O)[C@]1(C)O. The molecule has 2 aromatic rings. The van der Waals surface area contributed by atoms with E-state index in [1.165, 1.54) is 26.3 Å². The summed E-state index contributed by atoms with van der Waals surface area (Å²) >= 11 is 0. The molecule has 436 valence electrons. The minimum absolute atomic E-state index is 0.00856. The fourth-order valence-corrected chi connectivity index (χ4v) is 11.9. The minimum atomic E-state index is -1.87. The Balaban J connectivity index is 1.17. The van der Waals surface area contributed by atoms with E-state index in [1.807, 2.05) is 49.4 Å². The highest BCUT2D eigenvalue weighted by atomic mass is 16.7. The van der Waals surface area contributed by atoms with Crippen molar-refractivity contribution in [3.05, 3.63) is 40.2 Å². The second-order valence-corrected chi connectivity index (χ2v) is 23.3. The van der Waals surface area contributed by atoms with Gasteiger partial charge in [-0.05, 0) is 126 Å². The molecule has 0 amide bonds. The van der Waals surface area contributed by atoms with Crippen molar-refractivity contribution in [3.8, 4) is 5.75 Å². The van der Waals surface area contributed by atoms with Crippen LogP contribution in [0.3, 0.4) is 0 Å². The zero-order valence-corrected chi connectivity index (χ0v) is 47.7. The molecule has 0 radical (unpaired) electrons. The average Bonchev–Trinajstić information content (AvgIpc) is 4.24. The number of likely N-dealkylation sites (N-methyl/N-ethyl adjacent to an activating group) is 2. The summed E-state index contributed by atoms with van der Waals surface area (Å²) in [5.74, 6) is -4.43. The number of fused-ring (bicyclic) bond motifs is 1. The third-order valence-electron chi connectivity index (χ3n) is 16.5. The van der Waals surface area contributed by atoms with E-state index >= 15 is 0 Å². The van der Waals surface area contributed by atoms with Crippen molar-refractivity contribution in [2.75, 3.05) is 54.6 Å². The van der Waals surface area contributed by atoms with E-state index in [-0.39, 0.29) is 80.6 Å². The number of ether oxygens (including phenoxy) is 9. The second-order valence-electron chi connectivity index (χ2n) is 23.3. The third kappa shape index (κ3) is 14.6. The molecule has 1 saturated carbocycles. The number of cyclic esters (lactones) is 1. The van der Waals surface area contributed by atoms with Gasteiger partial charge in [0.2, 0.25) is 5.43 Å². The number of esters is 2. The number of carboxylic acid groups (broad SMARTS) is 1. The third-order valence-corrected chi connectivity index (χ3v) is 16.5. The van der Waals surface area contributed by atoms with Crippen molar-refractivity contribution in [1.82, 2.24) is 14.4 Å². The number of nitrogens with zero attached hydrogens (tertiary/aromatic N) is 3. The first-order valence-corrected chi connectivity index (χ1v) is 27.4. The van der Waals surface area contributed by atoms with Crippen LogP contribution in [0.5, 0.6) is 5.75 Å². The smallest absolute Gasteiger partial charge is 0.341 e. The summed E-state index contributed by atoms with van der Waals surface area (Å²) in [4.78, 5) is 56.7. The van der Waals surface area contributed by atoms with Crippen molar-refractivity contribution in [3.63, 3.8) is 0 Å². The van der Waals surface area contributed by atoms with Gasteiger partial charge in [-0.2, -0.15) is 0 Å². The number of carbonyl (C=O) groups excluding carboxylic acids is 2. The summed E-state index contributed by atoms with van der Waals surface area (Å²) in [5.41, 5.74) is -4.96. The number of carboxylic acids is 1. The Morgan fingerprint density at radius 1 is 0.922 bits per heavy atom. The number of pyridine rings is 1. The van der Waals surface area contributed by atoms with E-state index in [2.05, 4.69) is 0 Å². The number of methoxy groups -OCH3 is 1. The molecule has 3 saturated heterocycles. The number of aliphatic hydroxyl groups is 4. The van der Waals surface area contributed by atoms with E-state index in [9.17, 15) is 44.7 Å². The molecule has 77 heavy (non-hydrogen) atoms.